The molecule has 1 amide bonds. The molecule has 0 saturated heterocycles. The molecule has 0 bridgehead atoms. The van der Waals surface area contributed by atoms with Crippen molar-refractivity contribution < 1.29 is 13.7 Å². The number of anilines is 1. The molecule has 0 aromatic carbocycles. The first-order valence-corrected chi connectivity index (χ1v) is 6.93. The van der Waals surface area contributed by atoms with E-state index in [-0.39, 0.29) is 5.69 Å². The molecule has 9 heteroatoms. The second-order valence-corrected chi connectivity index (χ2v) is 4.73. The molecule has 4 rings (SSSR count). The van der Waals surface area contributed by atoms with Gasteiger partial charge in [-0.05, 0) is 18.2 Å². The van der Waals surface area contributed by atoms with Crippen LogP contribution in [-0.4, -0.2) is 30.8 Å². The second-order valence-electron chi connectivity index (χ2n) is 4.73. The van der Waals surface area contributed by atoms with E-state index in [0.717, 1.165) is 0 Å². The SMILES string of the molecule is O=C(Nc1cnc(-n2cccn2)nc1)c1cc(-c2ccco2)on1. The van der Waals surface area contributed by atoms with E-state index >= 15 is 0 Å². The lowest BCUT2D eigenvalue weighted by Crippen LogP contribution is -2.13. The van der Waals surface area contributed by atoms with E-state index in [2.05, 4.69) is 25.5 Å². The monoisotopic (exact) mass is 322 g/mol. The number of hydrogen-bond donors (Lipinski definition) is 1. The fraction of sp³-hybridized carbons (Fsp3) is 0. The van der Waals surface area contributed by atoms with Crippen LogP contribution >= 0.6 is 0 Å². The number of amides is 1. The first-order chi connectivity index (χ1) is 11.8. The van der Waals surface area contributed by atoms with Crippen LogP contribution in [0, 0.1) is 0 Å². The Balaban J connectivity index is 1.48. The van der Waals surface area contributed by atoms with Crippen LogP contribution in [0.2, 0.25) is 0 Å². The maximum atomic E-state index is 12.2. The van der Waals surface area contributed by atoms with Crippen molar-refractivity contribution in [2.75, 3.05) is 5.32 Å². The number of hydrogen-bond acceptors (Lipinski definition) is 7. The summed E-state index contributed by atoms with van der Waals surface area (Å²) >= 11 is 0. The summed E-state index contributed by atoms with van der Waals surface area (Å²) in [4.78, 5) is 20.4. The molecule has 0 aliphatic rings. The lowest BCUT2D eigenvalue weighted by molar-refractivity contribution is 0.101. The van der Waals surface area contributed by atoms with E-state index in [1.807, 2.05) is 0 Å². The maximum Gasteiger partial charge on any atom is 0.277 e. The molecule has 0 fully saturated rings. The van der Waals surface area contributed by atoms with E-state index < -0.39 is 5.91 Å². The lowest BCUT2D eigenvalue weighted by Gasteiger charge is -2.03. The average Bonchev–Trinajstić information content (AvgIpc) is 3.35. The van der Waals surface area contributed by atoms with Crippen LogP contribution in [0.3, 0.4) is 0 Å². The van der Waals surface area contributed by atoms with Crippen molar-refractivity contribution in [3.63, 3.8) is 0 Å². The molecule has 9 nitrogen and oxygen atoms in total. The fourth-order valence-electron chi connectivity index (χ4n) is 2.00. The maximum absolute atomic E-state index is 12.2. The summed E-state index contributed by atoms with van der Waals surface area (Å²) in [6.07, 6.45) is 7.82. The molecular formula is C15H10N6O3. The predicted octanol–water partition coefficient (Wildman–Crippen LogP) is 2.16. The summed E-state index contributed by atoms with van der Waals surface area (Å²) in [5.74, 6) is 0.829. The first kappa shape index (κ1) is 13.9. The van der Waals surface area contributed by atoms with Crippen LogP contribution in [0.1, 0.15) is 10.5 Å². The van der Waals surface area contributed by atoms with Crippen LogP contribution in [0.4, 0.5) is 5.69 Å². The van der Waals surface area contributed by atoms with Gasteiger partial charge in [0, 0.05) is 18.5 Å². The van der Waals surface area contributed by atoms with Crippen molar-refractivity contribution in [2.24, 2.45) is 0 Å². The van der Waals surface area contributed by atoms with Crippen molar-refractivity contribution in [1.82, 2.24) is 24.9 Å². The molecule has 0 radical (unpaired) electrons. The predicted molar refractivity (Wildman–Crippen MR) is 81.3 cm³/mol. The zero-order valence-electron chi connectivity index (χ0n) is 12.2. The van der Waals surface area contributed by atoms with E-state index in [1.165, 1.54) is 29.4 Å². The Morgan fingerprint density at radius 2 is 2.04 bits per heavy atom. The summed E-state index contributed by atoms with van der Waals surface area (Å²) in [5.41, 5.74) is 0.552. The summed E-state index contributed by atoms with van der Waals surface area (Å²) in [6.45, 7) is 0. The minimum Gasteiger partial charge on any atom is -0.461 e. The third kappa shape index (κ3) is 2.65. The zero-order valence-corrected chi connectivity index (χ0v) is 12.2. The van der Waals surface area contributed by atoms with Crippen molar-refractivity contribution in [3.8, 4) is 17.5 Å². The Morgan fingerprint density at radius 3 is 2.75 bits per heavy atom. The van der Waals surface area contributed by atoms with E-state index in [9.17, 15) is 4.79 Å². The standard InChI is InChI=1S/C15H10N6O3/c22-14(11-7-13(24-20-11)12-3-1-6-23-12)19-10-8-16-15(17-9-10)21-5-2-4-18-21/h1-9H,(H,19,22). The average molecular weight is 322 g/mol. The van der Waals surface area contributed by atoms with Gasteiger partial charge in [0.1, 0.15) is 0 Å². The fourth-order valence-corrected chi connectivity index (χ4v) is 2.00. The van der Waals surface area contributed by atoms with Crippen molar-refractivity contribution in [1.29, 1.82) is 0 Å². The highest BCUT2D eigenvalue weighted by Gasteiger charge is 2.15. The van der Waals surface area contributed by atoms with E-state index in [1.54, 1.807) is 30.6 Å². The lowest BCUT2D eigenvalue weighted by atomic mass is 10.3. The van der Waals surface area contributed by atoms with Gasteiger partial charge < -0.3 is 14.3 Å². The van der Waals surface area contributed by atoms with Gasteiger partial charge in [0.2, 0.25) is 5.76 Å². The molecule has 4 aromatic rings. The molecular weight excluding hydrogens is 312 g/mol. The van der Waals surface area contributed by atoms with Gasteiger partial charge in [-0.2, -0.15) is 5.10 Å². The first-order valence-electron chi connectivity index (χ1n) is 6.93. The number of carbonyl (C=O) groups excluding carboxylic acids is 1. The molecule has 0 aliphatic heterocycles. The summed E-state index contributed by atoms with van der Waals surface area (Å²) in [6, 6.07) is 6.69. The van der Waals surface area contributed by atoms with Crippen molar-refractivity contribution in [3.05, 3.63) is 61.0 Å². The summed E-state index contributed by atoms with van der Waals surface area (Å²) in [5, 5.41) is 10.4. The Labute approximate surface area is 134 Å². The van der Waals surface area contributed by atoms with Gasteiger partial charge in [-0.3, -0.25) is 4.79 Å². The van der Waals surface area contributed by atoms with Gasteiger partial charge in [0.05, 0.1) is 24.3 Å². The molecule has 4 heterocycles. The number of carbonyl (C=O) groups is 1. The topological polar surface area (TPSA) is 112 Å². The van der Waals surface area contributed by atoms with Gasteiger partial charge in [0.25, 0.3) is 11.9 Å². The van der Waals surface area contributed by atoms with Crippen molar-refractivity contribution >= 4 is 11.6 Å². The van der Waals surface area contributed by atoms with Crippen LogP contribution in [0.15, 0.2) is 64.3 Å². The molecule has 0 atom stereocenters. The largest absolute Gasteiger partial charge is 0.461 e. The molecule has 1 N–H and O–H groups in total. The summed E-state index contributed by atoms with van der Waals surface area (Å²) in [7, 11) is 0. The van der Waals surface area contributed by atoms with Crippen LogP contribution in [-0.2, 0) is 0 Å². The highest BCUT2D eigenvalue weighted by atomic mass is 16.5. The number of nitrogens with zero attached hydrogens (tertiary/aromatic N) is 5. The second kappa shape index (κ2) is 5.80. The van der Waals surface area contributed by atoms with Gasteiger partial charge in [-0.25, -0.2) is 14.6 Å². The number of rotatable bonds is 4. The Bertz CT molecular complexity index is 942. The van der Waals surface area contributed by atoms with Gasteiger partial charge in [-0.1, -0.05) is 5.16 Å². The molecule has 0 unspecified atom stereocenters. The van der Waals surface area contributed by atoms with E-state index in [0.29, 0.717) is 23.2 Å². The minimum atomic E-state index is -0.438. The highest BCUT2D eigenvalue weighted by molar-refractivity contribution is 6.03. The number of furan rings is 1. The Hall–Kier alpha value is -3.75. The normalized spacial score (nSPS) is 10.7. The summed E-state index contributed by atoms with van der Waals surface area (Å²) < 4.78 is 11.8. The number of nitrogens with one attached hydrogen (secondary N) is 1. The molecule has 0 saturated carbocycles. The molecule has 118 valence electrons. The minimum absolute atomic E-state index is 0.123. The molecule has 4 aromatic heterocycles. The van der Waals surface area contributed by atoms with Gasteiger partial charge >= 0.3 is 0 Å². The third-order valence-corrected chi connectivity index (χ3v) is 3.11. The third-order valence-electron chi connectivity index (χ3n) is 3.11. The Kier molecular flexibility index (Phi) is 3.35. The van der Waals surface area contributed by atoms with Gasteiger partial charge in [-0.15, -0.1) is 0 Å². The molecule has 24 heavy (non-hydrogen) atoms. The van der Waals surface area contributed by atoms with Crippen LogP contribution in [0.25, 0.3) is 17.5 Å². The van der Waals surface area contributed by atoms with Gasteiger partial charge in [0.15, 0.2) is 11.5 Å². The van der Waals surface area contributed by atoms with Crippen LogP contribution in [0.5, 0.6) is 0 Å². The molecule has 0 aliphatic carbocycles. The quantitative estimate of drug-likeness (QED) is 0.612. The smallest absolute Gasteiger partial charge is 0.277 e. The highest BCUT2D eigenvalue weighted by Crippen LogP contribution is 2.21. The number of aromatic nitrogens is 5. The van der Waals surface area contributed by atoms with Crippen molar-refractivity contribution in [2.45, 2.75) is 0 Å². The van der Waals surface area contributed by atoms with Crippen LogP contribution < -0.4 is 5.32 Å². The zero-order chi connectivity index (χ0) is 16.4. The van der Waals surface area contributed by atoms with E-state index in [4.69, 9.17) is 8.94 Å². The molecule has 0 spiro atoms. The Morgan fingerprint density at radius 1 is 1.17 bits per heavy atom.